The Bertz CT molecular complexity index is 1160. The van der Waals surface area contributed by atoms with Crippen LogP contribution in [0.1, 0.15) is 76.6 Å². The maximum atomic E-state index is 14.2. The second-order valence-electron chi connectivity index (χ2n) is 11.4. The van der Waals surface area contributed by atoms with Crippen LogP contribution >= 0.6 is 0 Å². The highest BCUT2D eigenvalue weighted by Crippen LogP contribution is 2.37. The zero-order valence-electron chi connectivity index (χ0n) is 23.4. The van der Waals surface area contributed by atoms with Gasteiger partial charge in [-0.15, -0.1) is 0 Å². The lowest BCUT2D eigenvalue weighted by Crippen LogP contribution is -2.53. The van der Waals surface area contributed by atoms with Gasteiger partial charge in [-0.25, -0.2) is 4.79 Å². The van der Waals surface area contributed by atoms with E-state index < -0.39 is 23.8 Å². The zero-order chi connectivity index (χ0) is 28.0. The Morgan fingerprint density at radius 3 is 2.37 bits per heavy atom. The number of carbonyl (C=O) groups is 3. The van der Waals surface area contributed by atoms with Crippen LogP contribution in [0.3, 0.4) is 0 Å². The first-order valence-corrected chi connectivity index (χ1v) is 13.3. The van der Waals surface area contributed by atoms with E-state index in [-0.39, 0.29) is 23.8 Å². The van der Waals surface area contributed by atoms with Gasteiger partial charge in [0.15, 0.2) is 0 Å². The smallest absolute Gasteiger partial charge is 0.408 e. The Labute approximate surface area is 226 Å². The number of benzene rings is 2. The molecule has 2 N–H and O–H groups in total. The van der Waals surface area contributed by atoms with Gasteiger partial charge in [-0.05, 0) is 81.7 Å². The molecule has 3 rings (SSSR count). The number of amides is 3. The highest BCUT2D eigenvalue weighted by Gasteiger charge is 2.44. The number of anilines is 1. The third-order valence-corrected chi connectivity index (χ3v) is 6.28. The van der Waals surface area contributed by atoms with Crippen molar-refractivity contribution >= 4 is 29.7 Å². The lowest BCUT2D eigenvalue weighted by Gasteiger charge is -2.35. The van der Waals surface area contributed by atoms with Crippen LogP contribution in [0.2, 0.25) is 0 Å². The number of hydrogen-bond acceptors (Lipinski definition) is 4. The van der Waals surface area contributed by atoms with Crippen LogP contribution in [-0.4, -0.2) is 40.5 Å². The van der Waals surface area contributed by atoms with E-state index in [9.17, 15) is 14.4 Å². The fourth-order valence-electron chi connectivity index (χ4n) is 4.40. The van der Waals surface area contributed by atoms with Crippen molar-refractivity contribution in [2.75, 3.05) is 5.32 Å². The number of rotatable bonds is 10. The van der Waals surface area contributed by atoms with Gasteiger partial charge in [0.25, 0.3) is 5.91 Å². The average molecular weight is 520 g/mol. The first kappa shape index (κ1) is 29.0. The van der Waals surface area contributed by atoms with E-state index in [2.05, 4.69) is 17.2 Å². The molecule has 7 heteroatoms. The summed E-state index contributed by atoms with van der Waals surface area (Å²) in [6, 6.07) is 13.2. The van der Waals surface area contributed by atoms with E-state index in [1.54, 1.807) is 31.7 Å². The summed E-state index contributed by atoms with van der Waals surface area (Å²) in [6.45, 7) is 15.1. The van der Waals surface area contributed by atoms with Crippen molar-refractivity contribution in [3.8, 4) is 0 Å². The van der Waals surface area contributed by atoms with Gasteiger partial charge in [0.05, 0.1) is 0 Å². The maximum absolute atomic E-state index is 14.2. The largest absolute Gasteiger partial charge is 0.444 e. The normalized spacial score (nSPS) is 14.8. The number of hydrogen-bond donors (Lipinski definition) is 2. The van der Waals surface area contributed by atoms with Gasteiger partial charge >= 0.3 is 6.09 Å². The lowest BCUT2D eigenvalue weighted by molar-refractivity contribution is -0.141. The summed E-state index contributed by atoms with van der Waals surface area (Å²) >= 11 is 0. The fourth-order valence-corrected chi connectivity index (χ4v) is 4.40. The van der Waals surface area contributed by atoms with Crippen LogP contribution in [0, 0.1) is 12.8 Å². The molecule has 0 bridgehead atoms. The Balaban J connectivity index is 2.02. The molecule has 2 aromatic rings. The highest BCUT2D eigenvalue weighted by atomic mass is 16.6. The van der Waals surface area contributed by atoms with Gasteiger partial charge in [-0.3, -0.25) is 9.59 Å². The number of nitrogens with one attached hydrogen (secondary N) is 2. The highest BCUT2D eigenvalue weighted by molar-refractivity contribution is 5.99. The van der Waals surface area contributed by atoms with Gasteiger partial charge in [-0.1, -0.05) is 62.9 Å². The summed E-state index contributed by atoms with van der Waals surface area (Å²) < 4.78 is 5.46. The third-order valence-electron chi connectivity index (χ3n) is 6.28. The number of ether oxygens (including phenoxy) is 1. The first-order valence-electron chi connectivity index (χ1n) is 13.3. The van der Waals surface area contributed by atoms with Crippen LogP contribution in [-0.2, 0) is 14.3 Å². The molecular formula is C31H41N3O4. The first-order chi connectivity index (χ1) is 17.9. The summed E-state index contributed by atoms with van der Waals surface area (Å²) in [4.78, 5) is 42.5. The summed E-state index contributed by atoms with van der Waals surface area (Å²) in [7, 11) is 0. The molecule has 204 valence electrons. The summed E-state index contributed by atoms with van der Waals surface area (Å²) in [5, 5.41) is 5.84. The molecule has 0 aromatic heterocycles. The van der Waals surface area contributed by atoms with Crippen molar-refractivity contribution < 1.29 is 19.1 Å². The average Bonchev–Trinajstić information content (AvgIpc) is 3.66. The molecular weight excluding hydrogens is 478 g/mol. The predicted molar refractivity (Wildman–Crippen MR) is 152 cm³/mol. The van der Waals surface area contributed by atoms with Crippen LogP contribution < -0.4 is 10.6 Å². The van der Waals surface area contributed by atoms with Crippen LogP contribution in [0.4, 0.5) is 10.5 Å². The Hall–Kier alpha value is -3.61. The number of aryl methyl sites for hydroxylation is 1. The lowest BCUT2D eigenvalue weighted by atomic mass is 9.97. The van der Waals surface area contributed by atoms with Crippen LogP contribution in [0.5, 0.6) is 0 Å². The summed E-state index contributed by atoms with van der Waals surface area (Å²) in [5.41, 5.74) is 2.45. The molecule has 2 aromatic carbocycles. The minimum absolute atomic E-state index is 0.0994. The van der Waals surface area contributed by atoms with Crippen LogP contribution in [0.15, 0.2) is 55.1 Å². The molecule has 2 unspecified atom stereocenters. The number of nitrogens with zero attached hydrogens (tertiary/aromatic N) is 1. The molecule has 0 aliphatic heterocycles. The Kier molecular flexibility index (Phi) is 9.36. The van der Waals surface area contributed by atoms with E-state index in [4.69, 9.17) is 4.74 Å². The minimum atomic E-state index is -0.885. The zero-order valence-corrected chi connectivity index (χ0v) is 23.4. The van der Waals surface area contributed by atoms with Crippen LogP contribution in [0.25, 0.3) is 6.08 Å². The Morgan fingerprint density at radius 1 is 1.11 bits per heavy atom. The molecule has 0 radical (unpaired) electrons. The van der Waals surface area contributed by atoms with Crippen molar-refractivity contribution in [2.24, 2.45) is 5.92 Å². The summed E-state index contributed by atoms with van der Waals surface area (Å²) in [6.07, 6.45) is 3.07. The van der Waals surface area contributed by atoms with Crippen molar-refractivity contribution in [2.45, 2.75) is 84.5 Å². The SMILES string of the molecule is C=Cc1cccc(C(C(=O)Nc2ccccc2C)N(C(=O)C(CC(C)C)NC(=O)OC(C)(C)C)C2CC2)c1. The van der Waals surface area contributed by atoms with E-state index in [1.165, 1.54) is 0 Å². The number of carbonyl (C=O) groups excluding carboxylic acids is 3. The second kappa shape index (κ2) is 12.3. The molecule has 1 aliphatic rings. The molecule has 3 amide bonds. The van der Waals surface area contributed by atoms with Gasteiger partial charge < -0.3 is 20.3 Å². The van der Waals surface area contributed by atoms with E-state index in [0.717, 1.165) is 24.0 Å². The predicted octanol–water partition coefficient (Wildman–Crippen LogP) is 6.25. The summed E-state index contributed by atoms with van der Waals surface area (Å²) in [5.74, 6) is -0.467. The molecule has 1 aliphatic carbocycles. The Morgan fingerprint density at radius 2 is 1.79 bits per heavy atom. The van der Waals surface area contributed by atoms with Crippen molar-refractivity contribution in [1.29, 1.82) is 0 Å². The molecule has 7 nitrogen and oxygen atoms in total. The minimum Gasteiger partial charge on any atom is -0.444 e. The quantitative estimate of drug-likeness (QED) is 0.388. The van der Waals surface area contributed by atoms with Gasteiger partial charge in [0.2, 0.25) is 5.91 Å². The van der Waals surface area contributed by atoms with E-state index >= 15 is 0 Å². The third kappa shape index (κ3) is 7.94. The molecule has 0 saturated heterocycles. The fraction of sp³-hybridized carbons (Fsp3) is 0.452. The monoisotopic (exact) mass is 519 g/mol. The van der Waals surface area contributed by atoms with Crippen molar-refractivity contribution in [3.63, 3.8) is 0 Å². The second-order valence-corrected chi connectivity index (χ2v) is 11.4. The molecule has 2 atom stereocenters. The van der Waals surface area contributed by atoms with E-state index in [0.29, 0.717) is 17.7 Å². The molecule has 38 heavy (non-hydrogen) atoms. The van der Waals surface area contributed by atoms with Gasteiger partial charge in [0.1, 0.15) is 17.7 Å². The topological polar surface area (TPSA) is 87.7 Å². The number of alkyl carbamates (subject to hydrolysis) is 1. The van der Waals surface area contributed by atoms with Crippen molar-refractivity contribution in [1.82, 2.24) is 10.2 Å². The van der Waals surface area contributed by atoms with Gasteiger partial charge in [0, 0.05) is 11.7 Å². The molecule has 1 saturated carbocycles. The van der Waals surface area contributed by atoms with E-state index in [1.807, 2.05) is 69.3 Å². The maximum Gasteiger partial charge on any atom is 0.408 e. The molecule has 0 heterocycles. The van der Waals surface area contributed by atoms with Gasteiger partial charge in [-0.2, -0.15) is 0 Å². The standard InChI is InChI=1S/C31H41N3O4/c1-8-22-13-11-14-23(19-22)27(28(35)32-25-15-10-9-12-21(25)4)34(24-16-17-24)29(36)26(18-20(2)3)33-30(37)38-31(5,6)7/h8-15,19-20,24,26-27H,1,16-18H2,2-7H3,(H,32,35)(H,33,37). The molecule has 0 spiro atoms. The number of para-hydroxylation sites is 1. The van der Waals surface area contributed by atoms with Crippen molar-refractivity contribution in [3.05, 3.63) is 71.8 Å². The molecule has 1 fully saturated rings.